The first-order valence-electron chi connectivity index (χ1n) is 9.46. The number of benzene rings is 2. The van der Waals surface area contributed by atoms with Gasteiger partial charge in [-0.15, -0.1) is 13.2 Å². The van der Waals surface area contributed by atoms with Gasteiger partial charge in [0.05, 0.1) is 12.0 Å². The highest BCUT2D eigenvalue weighted by Crippen LogP contribution is 2.28. The average molecular weight is 443 g/mol. The molecule has 2 rings (SSSR count). The van der Waals surface area contributed by atoms with Crippen molar-refractivity contribution in [2.45, 2.75) is 36.9 Å². The molecular formula is C21H25F3N2O3S. The molecule has 0 bridgehead atoms. The van der Waals surface area contributed by atoms with E-state index in [0.717, 1.165) is 18.4 Å². The Morgan fingerprint density at radius 2 is 1.87 bits per heavy atom. The highest BCUT2D eigenvalue weighted by atomic mass is 32.2. The molecular weight excluding hydrogens is 417 g/mol. The number of nitrogens with two attached hydrogens (primary N) is 1. The van der Waals surface area contributed by atoms with Crippen LogP contribution in [-0.2, 0) is 6.42 Å². The van der Waals surface area contributed by atoms with Crippen LogP contribution >= 0.6 is 11.9 Å². The van der Waals surface area contributed by atoms with E-state index in [4.69, 9.17) is 9.88 Å². The Morgan fingerprint density at radius 3 is 2.57 bits per heavy atom. The molecule has 5 nitrogen and oxygen atoms in total. The Morgan fingerprint density at radius 1 is 1.10 bits per heavy atom. The number of alkyl halides is 3. The smallest absolute Gasteiger partial charge is 0.496 e. The molecule has 0 fully saturated rings. The lowest BCUT2D eigenvalue weighted by Crippen LogP contribution is -2.21. The van der Waals surface area contributed by atoms with Crippen LogP contribution in [0.25, 0.3) is 0 Å². The highest BCUT2D eigenvalue weighted by molar-refractivity contribution is 7.97. The minimum Gasteiger partial charge on any atom is -0.496 e. The van der Waals surface area contributed by atoms with Gasteiger partial charge in [0, 0.05) is 12.0 Å². The van der Waals surface area contributed by atoms with E-state index < -0.39 is 6.36 Å². The number of Topliss-reactive ketones (excluding diaryl/α,β-unsaturated/α-hetero) is 1. The normalized spacial score (nSPS) is 11.4. The summed E-state index contributed by atoms with van der Waals surface area (Å²) in [5, 5.41) is 8.78. The van der Waals surface area contributed by atoms with Crippen LogP contribution in [0, 0.1) is 0 Å². The van der Waals surface area contributed by atoms with Crippen molar-refractivity contribution in [3.63, 3.8) is 0 Å². The Hall–Kier alpha value is -2.23. The Balaban J connectivity index is 1.69. The fourth-order valence-electron chi connectivity index (χ4n) is 2.90. The molecule has 0 aromatic heterocycles. The van der Waals surface area contributed by atoms with Gasteiger partial charge in [-0.3, -0.25) is 9.93 Å². The second-order valence-corrected chi connectivity index (χ2v) is 7.19. The predicted molar refractivity (Wildman–Crippen MR) is 111 cm³/mol. The Bertz CT molecular complexity index is 831. The van der Waals surface area contributed by atoms with Crippen LogP contribution in [0.3, 0.4) is 0 Å². The molecule has 3 N–H and O–H groups in total. The van der Waals surface area contributed by atoms with Gasteiger partial charge in [0.1, 0.15) is 11.5 Å². The lowest BCUT2D eigenvalue weighted by atomic mass is 10.1. The molecule has 0 unspecified atom stereocenters. The molecule has 9 heteroatoms. The summed E-state index contributed by atoms with van der Waals surface area (Å²) in [6, 6.07) is 11.3. The molecule has 2 aromatic rings. The predicted octanol–water partition coefficient (Wildman–Crippen LogP) is 4.74. The van der Waals surface area contributed by atoms with Gasteiger partial charge < -0.3 is 14.8 Å². The Labute approximate surface area is 178 Å². The molecule has 0 saturated heterocycles. The number of carbonyl (C=O) groups excluding carboxylic acids is 1. The van der Waals surface area contributed by atoms with Crippen LogP contribution < -0.4 is 19.9 Å². The first-order valence-corrected chi connectivity index (χ1v) is 10.3. The standard InChI is InChI=1S/C21H25F3N2O3S/c1-28-19-10-9-16(14-20(19)30-25)17(27)7-4-5-12-26-13-11-15-6-2-3-8-18(15)29-21(22,23)24/h2-3,6,8-10,14,26H,4-5,7,11-13,25H2,1H3. The zero-order valence-electron chi connectivity index (χ0n) is 16.6. The second-order valence-electron chi connectivity index (χ2n) is 6.52. The molecule has 0 aliphatic rings. The average Bonchev–Trinajstić information content (AvgIpc) is 2.72. The summed E-state index contributed by atoms with van der Waals surface area (Å²) >= 11 is 1.03. The molecule has 0 aliphatic carbocycles. The monoisotopic (exact) mass is 442 g/mol. The van der Waals surface area contributed by atoms with Gasteiger partial charge in [0.15, 0.2) is 5.78 Å². The lowest BCUT2D eigenvalue weighted by Gasteiger charge is -2.13. The van der Waals surface area contributed by atoms with Gasteiger partial charge in [-0.2, -0.15) is 0 Å². The fourth-order valence-corrected chi connectivity index (χ4v) is 3.37. The van der Waals surface area contributed by atoms with E-state index in [1.807, 2.05) is 0 Å². The van der Waals surface area contributed by atoms with Crippen LogP contribution in [0.1, 0.15) is 35.2 Å². The quantitative estimate of drug-likeness (QED) is 0.281. The SMILES string of the molecule is COc1ccc(C(=O)CCCCNCCc2ccccc2OC(F)(F)F)cc1SN. The summed E-state index contributed by atoms with van der Waals surface area (Å²) in [6.07, 6.45) is -2.40. The van der Waals surface area contributed by atoms with Crippen LogP contribution in [-0.4, -0.2) is 32.3 Å². The van der Waals surface area contributed by atoms with E-state index in [2.05, 4.69) is 10.1 Å². The third-order valence-corrected chi connectivity index (χ3v) is 4.96. The van der Waals surface area contributed by atoms with Crippen LogP contribution in [0.15, 0.2) is 47.4 Å². The number of unbranched alkanes of at least 4 members (excludes halogenated alkanes) is 1. The molecule has 0 spiro atoms. The molecule has 164 valence electrons. The summed E-state index contributed by atoms with van der Waals surface area (Å²) in [4.78, 5) is 13.0. The first-order chi connectivity index (χ1) is 14.3. The number of rotatable bonds is 12. The zero-order valence-corrected chi connectivity index (χ0v) is 17.4. The number of halogens is 3. The molecule has 2 aromatic carbocycles. The van der Waals surface area contributed by atoms with E-state index >= 15 is 0 Å². The summed E-state index contributed by atoms with van der Waals surface area (Å²) in [7, 11) is 1.55. The van der Waals surface area contributed by atoms with E-state index in [1.165, 1.54) is 12.1 Å². The van der Waals surface area contributed by atoms with Crippen LogP contribution in [0.5, 0.6) is 11.5 Å². The first kappa shape index (κ1) is 24.0. The van der Waals surface area contributed by atoms with Crippen LogP contribution in [0.2, 0.25) is 0 Å². The number of hydrogen-bond donors (Lipinski definition) is 2. The van der Waals surface area contributed by atoms with Crippen molar-refractivity contribution in [3.05, 3.63) is 53.6 Å². The molecule has 0 heterocycles. The number of ether oxygens (including phenoxy) is 2. The number of para-hydroxylation sites is 1. The van der Waals surface area contributed by atoms with Crippen LogP contribution in [0.4, 0.5) is 13.2 Å². The van der Waals surface area contributed by atoms with Gasteiger partial charge in [-0.1, -0.05) is 18.2 Å². The summed E-state index contributed by atoms with van der Waals surface area (Å²) in [5.74, 6) is 0.489. The number of methoxy groups -OCH3 is 1. The number of nitrogens with one attached hydrogen (secondary N) is 1. The van der Waals surface area contributed by atoms with E-state index in [-0.39, 0.29) is 11.5 Å². The minimum absolute atomic E-state index is 0.0335. The summed E-state index contributed by atoms with van der Waals surface area (Å²) < 4.78 is 46.5. The van der Waals surface area contributed by atoms with Crippen molar-refractivity contribution in [2.75, 3.05) is 20.2 Å². The van der Waals surface area contributed by atoms with Gasteiger partial charge in [-0.25, -0.2) is 0 Å². The molecule has 30 heavy (non-hydrogen) atoms. The van der Waals surface area contributed by atoms with E-state index in [0.29, 0.717) is 54.1 Å². The topological polar surface area (TPSA) is 73.6 Å². The number of carbonyl (C=O) groups is 1. The second kappa shape index (κ2) is 11.8. The van der Waals surface area contributed by atoms with Gasteiger partial charge >= 0.3 is 6.36 Å². The van der Waals surface area contributed by atoms with Crippen molar-refractivity contribution in [1.82, 2.24) is 5.32 Å². The Kier molecular flexibility index (Phi) is 9.48. The largest absolute Gasteiger partial charge is 0.573 e. The lowest BCUT2D eigenvalue weighted by molar-refractivity contribution is -0.274. The third kappa shape index (κ3) is 7.89. The van der Waals surface area contributed by atoms with Crippen molar-refractivity contribution >= 4 is 17.7 Å². The molecule has 0 saturated carbocycles. The van der Waals surface area contributed by atoms with E-state index in [1.54, 1.807) is 37.4 Å². The van der Waals surface area contributed by atoms with E-state index in [9.17, 15) is 18.0 Å². The minimum atomic E-state index is -4.70. The van der Waals surface area contributed by atoms with Crippen molar-refractivity contribution < 1.29 is 27.4 Å². The number of hydrogen-bond acceptors (Lipinski definition) is 6. The maximum atomic E-state index is 12.4. The zero-order chi connectivity index (χ0) is 22.0. The maximum absolute atomic E-state index is 12.4. The number of ketones is 1. The fraction of sp³-hybridized carbons (Fsp3) is 0.381. The van der Waals surface area contributed by atoms with Gasteiger partial charge in [-0.05, 0) is 74.1 Å². The molecule has 0 aliphatic heterocycles. The molecule has 0 amide bonds. The molecule has 0 atom stereocenters. The van der Waals surface area contributed by atoms with Crippen molar-refractivity contribution in [1.29, 1.82) is 0 Å². The van der Waals surface area contributed by atoms with Crippen molar-refractivity contribution in [3.8, 4) is 11.5 Å². The van der Waals surface area contributed by atoms with Gasteiger partial charge in [0.2, 0.25) is 0 Å². The third-order valence-electron chi connectivity index (χ3n) is 4.39. The summed E-state index contributed by atoms with van der Waals surface area (Å²) in [5.41, 5.74) is 1.09. The highest BCUT2D eigenvalue weighted by Gasteiger charge is 2.31. The molecule has 0 radical (unpaired) electrons. The summed E-state index contributed by atoms with van der Waals surface area (Å²) in [6.45, 7) is 1.18. The maximum Gasteiger partial charge on any atom is 0.573 e. The van der Waals surface area contributed by atoms with Gasteiger partial charge in [0.25, 0.3) is 0 Å². The van der Waals surface area contributed by atoms with Crippen molar-refractivity contribution in [2.24, 2.45) is 5.14 Å².